The Morgan fingerprint density at radius 2 is 2.00 bits per heavy atom. The van der Waals surface area contributed by atoms with Gasteiger partial charge in [-0.3, -0.25) is 4.79 Å². The topological polar surface area (TPSA) is 98.7 Å². The summed E-state index contributed by atoms with van der Waals surface area (Å²) in [7, 11) is 0. The molecule has 0 aliphatic rings. The molecular weight excluding hydrogens is 498 g/mol. The van der Waals surface area contributed by atoms with Gasteiger partial charge in [-0.25, -0.2) is 0 Å². The van der Waals surface area contributed by atoms with E-state index in [-0.39, 0.29) is 12.6 Å². The summed E-state index contributed by atoms with van der Waals surface area (Å²) >= 11 is 3.46. The number of halogens is 1. The van der Waals surface area contributed by atoms with E-state index in [1.807, 2.05) is 38.1 Å². The lowest BCUT2D eigenvalue weighted by Crippen LogP contribution is -2.32. The smallest absolute Gasteiger partial charge is 0.250 e. The zero-order valence-electron chi connectivity index (χ0n) is 20.1. The minimum atomic E-state index is -0.441. The van der Waals surface area contributed by atoms with E-state index in [4.69, 9.17) is 15.2 Å². The number of aromatic nitrogens is 1. The molecule has 0 fully saturated rings. The Morgan fingerprint density at radius 3 is 2.71 bits per heavy atom. The number of aliphatic hydroxyl groups excluding tert-OH is 1. The van der Waals surface area contributed by atoms with Crippen LogP contribution in [0, 0.1) is 6.92 Å². The molecule has 7 nitrogen and oxygen atoms in total. The van der Waals surface area contributed by atoms with Gasteiger partial charge < -0.3 is 30.2 Å². The monoisotopic (exact) mass is 531 g/mol. The van der Waals surface area contributed by atoms with E-state index in [0.29, 0.717) is 38.3 Å². The molecular formula is C26H34BrN3O4. The predicted octanol–water partition coefficient (Wildman–Crippen LogP) is 4.19. The lowest BCUT2D eigenvalue weighted by Gasteiger charge is -2.17. The molecule has 34 heavy (non-hydrogen) atoms. The Morgan fingerprint density at radius 1 is 1.21 bits per heavy atom. The van der Waals surface area contributed by atoms with Crippen LogP contribution in [0.3, 0.4) is 0 Å². The van der Waals surface area contributed by atoms with Crippen molar-refractivity contribution in [2.75, 3.05) is 26.4 Å². The molecule has 0 saturated heterocycles. The van der Waals surface area contributed by atoms with Crippen molar-refractivity contribution < 1.29 is 19.4 Å². The summed E-state index contributed by atoms with van der Waals surface area (Å²) in [5, 5.41) is 13.7. The summed E-state index contributed by atoms with van der Waals surface area (Å²) in [5.74, 6) is 0.999. The van der Waals surface area contributed by atoms with Gasteiger partial charge in [-0.15, -0.1) is 0 Å². The molecule has 184 valence electrons. The predicted molar refractivity (Wildman–Crippen MR) is 139 cm³/mol. The lowest BCUT2D eigenvalue weighted by molar-refractivity contribution is 0.100. The first-order valence-corrected chi connectivity index (χ1v) is 12.4. The van der Waals surface area contributed by atoms with Crippen LogP contribution in [-0.4, -0.2) is 48.0 Å². The van der Waals surface area contributed by atoms with Crippen LogP contribution in [0.5, 0.6) is 11.5 Å². The van der Waals surface area contributed by atoms with Gasteiger partial charge in [-0.1, -0.05) is 15.9 Å². The fourth-order valence-corrected chi connectivity index (χ4v) is 4.53. The van der Waals surface area contributed by atoms with Crippen molar-refractivity contribution in [2.24, 2.45) is 5.73 Å². The van der Waals surface area contributed by atoms with Crippen molar-refractivity contribution in [3.8, 4) is 11.5 Å². The highest BCUT2D eigenvalue weighted by atomic mass is 79.9. The van der Waals surface area contributed by atoms with Gasteiger partial charge in [-0.05, 0) is 75.6 Å². The summed E-state index contributed by atoms with van der Waals surface area (Å²) in [5.41, 5.74) is 9.20. The van der Waals surface area contributed by atoms with Crippen molar-refractivity contribution in [3.63, 3.8) is 0 Å². The second-order valence-corrected chi connectivity index (χ2v) is 9.31. The number of fused-ring (bicyclic) bond motifs is 1. The highest BCUT2D eigenvalue weighted by molar-refractivity contribution is 9.10. The number of benzene rings is 2. The molecule has 0 aliphatic heterocycles. The largest absolute Gasteiger partial charge is 0.490 e. The van der Waals surface area contributed by atoms with Crippen molar-refractivity contribution in [1.82, 2.24) is 9.88 Å². The zero-order chi connectivity index (χ0) is 24.7. The summed E-state index contributed by atoms with van der Waals surface area (Å²) in [6.45, 7) is 8.56. The first-order chi connectivity index (χ1) is 16.3. The van der Waals surface area contributed by atoms with Crippen LogP contribution in [0.15, 0.2) is 40.9 Å². The van der Waals surface area contributed by atoms with Gasteiger partial charge in [0.2, 0.25) is 0 Å². The number of nitrogens with two attached hydrogens (primary N) is 1. The number of nitrogens with zero attached hydrogens (tertiary/aromatic N) is 1. The van der Waals surface area contributed by atoms with Crippen LogP contribution in [-0.2, 0) is 13.0 Å². The molecule has 1 amide bonds. The van der Waals surface area contributed by atoms with E-state index in [1.165, 1.54) is 0 Å². The Hall–Kier alpha value is -2.55. The Balaban J connectivity index is 1.63. The minimum Gasteiger partial charge on any atom is -0.490 e. The maximum absolute atomic E-state index is 12.2. The molecule has 0 spiro atoms. The van der Waals surface area contributed by atoms with Crippen LogP contribution in [0.2, 0.25) is 0 Å². The van der Waals surface area contributed by atoms with Crippen LogP contribution < -0.4 is 20.5 Å². The number of aryl methyl sites for hydroxylation is 2. The molecule has 1 atom stereocenters. The molecule has 4 N–H and O–H groups in total. The van der Waals surface area contributed by atoms with E-state index < -0.39 is 5.91 Å². The molecule has 2 aromatic carbocycles. The standard InChI is InChI=1S/C26H34BrN3O4/c1-4-33-24-16-21(27)6-7-23(24)34-11-8-29-17(2)12-19-14-20-13-18(3)30(9-5-10-31)25(20)22(15-19)26(28)32/h6-7,13-17,29,31H,4-5,8-12H2,1-3H3,(H2,28,32)/t17-/m1/s1. The third-order valence-electron chi connectivity index (χ3n) is 5.66. The quantitative estimate of drug-likeness (QED) is 0.287. The number of hydrogen-bond donors (Lipinski definition) is 3. The highest BCUT2D eigenvalue weighted by Gasteiger charge is 2.16. The summed E-state index contributed by atoms with van der Waals surface area (Å²) in [4.78, 5) is 12.2. The maximum atomic E-state index is 12.2. The number of nitrogens with one attached hydrogen (secondary N) is 1. The number of hydrogen-bond acceptors (Lipinski definition) is 5. The van der Waals surface area contributed by atoms with Gasteiger partial charge in [0.05, 0.1) is 17.7 Å². The van der Waals surface area contributed by atoms with E-state index >= 15 is 0 Å². The summed E-state index contributed by atoms with van der Waals surface area (Å²) in [6.07, 6.45) is 1.37. The third kappa shape index (κ3) is 6.52. The summed E-state index contributed by atoms with van der Waals surface area (Å²) in [6, 6.07) is 12.0. The highest BCUT2D eigenvalue weighted by Crippen LogP contribution is 2.30. The van der Waals surface area contributed by atoms with Crippen LogP contribution >= 0.6 is 15.9 Å². The van der Waals surface area contributed by atoms with E-state index in [9.17, 15) is 9.90 Å². The first-order valence-electron chi connectivity index (χ1n) is 11.7. The minimum absolute atomic E-state index is 0.102. The van der Waals surface area contributed by atoms with Gasteiger partial charge in [0.1, 0.15) is 6.61 Å². The van der Waals surface area contributed by atoms with Gasteiger partial charge >= 0.3 is 0 Å². The van der Waals surface area contributed by atoms with Crippen molar-refractivity contribution in [3.05, 3.63) is 57.7 Å². The maximum Gasteiger partial charge on any atom is 0.250 e. The van der Waals surface area contributed by atoms with Gasteiger partial charge in [0.15, 0.2) is 11.5 Å². The van der Waals surface area contributed by atoms with Gasteiger partial charge in [0, 0.05) is 41.3 Å². The average molecular weight is 532 g/mol. The molecule has 0 saturated carbocycles. The summed E-state index contributed by atoms with van der Waals surface area (Å²) < 4.78 is 14.6. The zero-order valence-corrected chi connectivity index (χ0v) is 21.7. The number of carbonyl (C=O) groups is 1. The Kier molecular flexibility index (Phi) is 9.38. The number of aliphatic hydroxyl groups is 1. The molecule has 0 bridgehead atoms. The Bertz CT molecular complexity index is 1130. The molecule has 0 unspecified atom stereocenters. The normalized spacial score (nSPS) is 12.1. The van der Waals surface area contributed by atoms with Crippen LogP contribution in [0.4, 0.5) is 0 Å². The van der Waals surface area contributed by atoms with Crippen molar-refractivity contribution in [2.45, 2.75) is 46.2 Å². The molecule has 0 radical (unpaired) electrons. The van der Waals surface area contributed by atoms with Gasteiger partial charge in [0.25, 0.3) is 5.91 Å². The first kappa shape index (κ1) is 26.1. The SMILES string of the molecule is CCOc1cc(Br)ccc1OCCN[C@H](C)Cc1cc(C(N)=O)c2c(c1)cc(C)n2CCCO. The van der Waals surface area contributed by atoms with Crippen molar-refractivity contribution in [1.29, 1.82) is 0 Å². The van der Waals surface area contributed by atoms with Crippen molar-refractivity contribution >= 4 is 32.7 Å². The average Bonchev–Trinajstić information content (AvgIpc) is 3.10. The second-order valence-electron chi connectivity index (χ2n) is 8.39. The molecule has 1 aromatic heterocycles. The number of ether oxygens (including phenoxy) is 2. The number of carbonyl (C=O) groups excluding carboxylic acids is 1. The number of rotatable bonds is 13. The van der Waals surface area contributed by atoms with Gasteiger partial charge in [-0.2, -0.15) is 0 Å². The fraction of sp³-hybridized carbons (Fsp3) is 0.423. The van der Waals surface area contributed by atoms with Crippen LogP contribution in [0.25, 0.3) is 10.9 Å². The molecule has 3 rings (SSSR count). The third-order valence-corrected chi connectivity index (χ3v) is 6.16. The molecule has 3 aromatic rings. The molecule has 8 heteroatoms. The number of primary amides is 1. The van der Waals surface area contributed by atoms with Crippen LogP contribution in [0.1, 0.15) is 41.9 Å². The second kappa shape index (κ2) is 12.2. The van der Waals surface area contributed by atoms with E-state index in [2.05, 4.69) is 44.9 Å². The lowest BCUT2D eigenvalue weighted by atomic mass is 10.0. The Labute approximate surface area is 209 Å². The fourth-order valence-electron chi connectivity index (χ4n) is 4.19. The van der Waals surface area contributed by atoms with E-state index in [1.54, 1.807) is 0 Å². The number of amides is 1. The molecule has 0 aliphatic carbocycles. The molecule has 1 heterocycles. The van der Waals surface area contributed by atoms with E-state index in [0.717, 1.165) is 44.6 Å².